The van der Waals surface area contributed by atoms with Crippen molar-refractivity contribution >= 4 is 34.5 Å². The smallest absolute Gasteiger partial charge is 0.875 e. The topological polar surface area (TPSA) is 74.2 Å². The van der Waals surface area contributed by atoms with E-state index in [9.17, 15) is 5.11 Å². The van der Waals surface area contributed by atoms with Crippen molar-refractivity contribution in [2.45, 2.75) is 34.1 Å². The summed E-state index contributed by atoms with van der Waals surface area (Å²) < 4.78 is 0. The summed E-state index contributed by atoms with van der Waals surface area (Å²) in [5.41, 5.74) is 8.99. The number of aliphatic imine (C=N–C) groups is 3. The third-order valence-corrected chi connectivity index (χ3v) is 6.84. The first-order chi connectivity index (χ1) is 17.2. The minimum Gasteiger partial charge on any atom is -0.875 e. The van der Waals surface area contributed by atoms with E-state index < -0.39 is 0 Å². The van der Waals surface area contributed by atoms with Crippen molar-refractivity contribution < 1.29 is 24.6 Å². The predicted molar refractivity (Wildman–Crippen MR) is 145 cm³/mol. The first kappa shape index (κ1) is 25.0. The molecule has 0 saturated carbocycles. The molecule has 4 aliphatic rings. The fourth-order valence-electron chi connectivity index (χ4n) is 4.90. The fraction of sp³-hybridized carbons (Fsp3) is 0.194. The fourth-order valence-corrected chi connectivity index (χ4v) is 4.90. The molecule has 178 valence electrons. The predicted octanol–water partition coefficient (Wildman–Crippen LogP) is 3.65. The van der Waals surface area contributed by atoms with Gasteiger partial charge in [-0.15, -0.1) is 16.8 Å². The summed E-state index contributed by atoms with van der Waals surface area (Å²) in [4.78, 5) is 19.6. The molecule has 0 atom stereocenters. The maximum atomic E-state index is 12.6. The van der Waals surface area contributed by atoms with Crippen LogP contribution in [0.4, 0.5) is 0 Å². The average molecular weight is 536 g/mol. The summed E-state index contributed by atoms with van der Waals surface area (Å²) in [5.74, 6) is -0.0335. The van der Waals surface area contributed by atoms with Gasteiger partial charge in [-0.05, 0) is 54.5 Å². The molecule has 0 N–H and O–H groups in total. The summed E-state index contributed by atoms with van der Waals surface area (Å²) in [7, 11) is 0. The van der Waals surface area contributed by atoms with Crippen molar-refractivity contribution in [3.8, 4) is 0 Å². The number of nitrogens with zero attached hydrogens (tertiary/aromatic N) is 4. The minimum atomic E-state index is -0.0965. The average Bonchev–Trinajstić information content (AvgIpc) is 3.59. The van der Waals surface area contributed by atoms with Crippen molar-refractivity contribution in [1.29, 1.82) is 0 Å². The molecule has 0 aliphatic carbocycles. The molecule has 37 heavy (non-hydrogen) atoms. The van der Waals surface area contributed by atoms with Gasteiger partial charge in [0.05, 0.1) is 22.8 Å². The summed E-state index contributed by atoms with van der Waals surface area (Å²) in [6.07, 6.45) is 14.8. The van der Waals surface area contributed by atoms with Crippen LogP contribution < -0.4 is 20.7 Å². The van der Waals surface area contributed by atoms with Crippen LogP contribution in [0.15, 0.2) is 98.9 Å². The Morgan fingerprint density at radius 3 is 2.41 bits per heavy atom. The Morgan fingerprint density at radius 1 is 0.919 bits per heavy atom. The summed E-state index contributed by atoms with van der Waals surface area (Å²) in [5, 5.41) is 13.8. The Labute approximate surface area is 229 Å². The molecular weight excluding hydrogens is 510 g/mol. The quantitative estimate of drug-likeness (QED) is 0.523. The number of benzene rings is 1. The van der Waals surface area contributed by atoms with Crippen molar-refractivity contribution in [3.05, 3.63) is 111 Å². The Balaban J connectivity index is 0.00000280. The number of rotatable bonds is 1. The molecule has 6 rings (SSSR count). The van der Waals surface area contributed by atoms with Gasteiger partial charge in [-0.25, -0.2) is 9.98 Å². The second-order valence-corrected chi connectivity index (χ2v) is 10.3. The van der Waals surface area contributed by atoms with E-state index in [0.29, 0.717) is 10.6 Å². The van der Waals surface area contributed by atoms with E-state index in [1.807, 2.05) is 42.5 Å². The van der Waals surface area contributed by atoms with Gasteiger partial charge in [-0.2, -0.15) is 0 Å². The molecule has 0 amide bonds. The second-order valence-electron chi connectivity index (χ2n) is 10.3. The van der Waals surface area contributed by atoms with Crippen LogP contribution in [0.3, 0.4) is 0 Å². The van der Waals surface area contributed by atoms with Crippen LogP contribution in [0.1, 0.15) is 44.0 Å². The molecule has 0 spiro atoms. The molecule has 5 nitrogen and oxygen atoms in total. The van der Waals surface area contributed by atoms with Gasteiger partial charge >= 0.3 is 19.5 Å². The molecule has 8 bridgehead atoms. The van der Waals surface area contributed by atoms with E-state index in [1.54, 1.807) is 6.92 Å². The minimum absolute atomic E-state index is 0. The van der Waals surface area contributed by atoms with Gasteiger partial charge in [-0.1, -0.05) is 68.0 Å². The molecular formula is C31H26N4OZn. The van der Waals surface area contributed by atoms with Crippen LogP contribution in [-0.2, 0) is 19.5 Å². The molecule has 0 fully saturated rings. The maximum Gasteiger partial charge on any atom is 2.00 e. The third kappa shape index (κ3) is 4.74. The number of fused-ring (bicyclic) bond motifs is 5. The zero-order chi connectivity index (χ0) is 25.0. The van der Waals surface area contributed by atoms with Gasteiger partial charge in [0.25, 0.3) is 0 Å². The molecule has 5 heterocycles. The van der Waals surface area contributed by atoms with Gasteiger partial charge in [0.1, 0.15) is 0 Å². The number of allylic oxidation sites excluding steroid dienone is 7. The summed E-state index contributed by atoms with van der Waals surface area (Å²) in [6.45, 7) is 8.05. The number of hydrogen-bond donors (Lipinski definition) is 0. The zero-order valence-corrected chi connectivity index (χ0v) is 24.5. The first-order valence-corrected chi connectivity index (χ1v) is 12.2. The molecule has 0 saturated heterocycles. The Bertz CT molecular complexity index is 1680. The van der Waals surface area contributed by atoms with E-state index in [0.717, 1.165) is 57.5 Å². The van der Waals surface area contributed by atoms with Crippen molar-refractivity contribution in [1.82, 2.24) is 4.98 Å². The zero-order valence-electron chi connectivity index (χ0n) is 21.5. The van der Waals surface area contributed by atoms with Crippen molar-refractivity contribution in [2.24, 2.45) is 20.4 Å². The van der Waals surface area contributed by atoms with Crippen LogP contribution in [0.5, 0.6) is 0 Å². The maximum absolute atomic E-state index is 12.6. The van der Waals surface area contributed by atoms with E-state index in [1.165, 1.54) is 5.56 Å². The van der Waals surface area contributed by atoms with E-state index in [2.05, 4.69) is 51.1 Å². The second kappa shape index (κ2) is 9.35. The van der Waals surface area contributed by atoms with Crippen molar-refractivity contribution in [3.63, 3.8) is 0 Å². The van der Waals surface area contributed by atoms with E-state index in [4.69, 9.17) is 20.0 Å². The molecule has 1 aromatic heterocycles. The van der Waals surface area contributed by atoms with Crippen LogP contribution in [0, 0.1) is 12.3 Å². The monoisotopic (exact) mass is 534 g/mol. The normalized spacial score (nSPS) is 19.9. The molecule has 1 aromatic carbocycles. The largest absolute Gasteiger partial charge is 2.00 e. The molecule has 4 aliphatic heterocycles. The van der Waals surface area contributed by atoms with Crippen LogP contribution >= 0.6 is 0 Å². The van der Waals surface area contributed by atoms with Gasteiger partial charge in [0.2, 0.25) is 0 Å². The molecule has 0 unspecified atom stereocenters. The summed E-state index contributed by atoms with van der Waals surface area (Å²) in [6, 6.07) is 10.2. The number of aromatic nitrogens is 1. The van der Waals surface area contributed by atoms with Crippen LogP contribution in [-0.4, -0.2) is 17.1 Å². The van der Waals surface area contributed by atoms with Gasteiger partial charge < -0.3 is 10.1 Å². The van der Waals surface area contributed by atoms with Gasteiger partial charge in [-0.3, -0.25) is 4.99 Å². The van der Waals surface area contributed by atoms with Crippen LogP contribution in [0.25, 0.3) is 17.4 Å². The SMILES string of the molecule is C/C([O-])=c1\cc2[n-]c1=CC1=NC(=CC3=NC(=CC4=NC(=C2c2ccc(C)cc2)C=C4)CC3(C)C)C=C1.[Zn+2]. The van der Waals surface area contributed by atoms with Crippen LogP contribution in [0.2, 0.25) is 0 Å². The van der Waals surface area contributed by atoms with Gasteiger partial charge in [0, 0.05) is 23.2 Å². The van der Waals surface area contributed by atoms with E-state index >= 15 is 0 Å². The molecule has 6 heteroatoms. The Morgan fingerprint density at radius 2 is 1.65 bits per heavy atom. The molecule has 0 radical (unpaired) electrons. The number of hydrogen-bond acceptors (Lipinski definition) is 4. The first-order valence-electron chi connectivity index (χ1n) is 12.2. The summed E-state index contributed by atoms with van der Waals surface area (Å²) >= 11 is 0. The standard InChI is InChI=1S/C31H27N4O.Zn/c1-18-5-7-20(8-6-18)30-26-12-11-21(33-26)13-24-17-31(3,4)29(34-24)15-23-10-9-22(32-23)14-27-25(19(2)36)16-28(30)35-27;/h5-16H,17H2,1-4H3,(H-,32,33,34,35,36);/q-1;+2/p-1. The Hall–Kier alpha value is -3.63. The van der Waals surface area contributed by atoms with Gasteiger partial charge in [0.15, 0.2) is 0 Å². The number of aryl methyl sites for hydroxylation is 1. The molecule has 2 aromatic rings. The van der Waals surface area contributed by atoms with Crippen molar-refractivity contribution in [2.75, 3.05) is 0 Å². The van der Waals surface area contributed by atoms with E-state index in [-0.39, 0.29) is 30.7 Å². The third-order valence-electron chi connectivity index (χ3n) is 6.84. The Kier molecular flexibility index (Phi) is 6.33.